The number of methoxy groups -OCH3 is 1. The number of ether oxygens (including phenoxy) is 2. The van der Waals surface area contributed by atoms with Crippen LogP contribution in [-0.2, 0) is 19.8 Å². The highest BCUT2D eigenvalue weighted by Gasteiger charge is 2.54. The predicted molar refractivity (Wildman–Crippen MR) is 108 cm³/mol. The SMILES string of the molecule is COC(=O)[C@@H]1COC(=O)N1C(c1ccccc1)(c1ccccc1)c1ccccc1. The number of cyclic esters (lactones) is 1. The molecular weight excluding hydrogens is 366 g/mol. The molecule has 3 aromatic carbocycles. The van der Waals surface area contributed by atoms with E-state index >= 15 is 0 Å². The molecule has 1 aliphatic heterocycles. The Kier molecular flexibility index (Phi) is 5.04. The van der Waals surface area contributed by atoms with Crippen LogP contribution in [0.3, 0.4) is 0 Å². The van der Waals surface area contributed by atoms with Crippen LogP contribution in [0.4, 0.5) is 4.79 Å². The lowest BCUT2D eigenvalue weighted by Gasteiger charge is -2.43. The molecule has 1 fully saturated rings. The maximum Gasteiger partial charge on any atom is 0.412 e. The summed E-state index contributed by atoms with van der Waals surface area (Å²) < 4.78 is 10.4. The van der Waals surface area contributed by atoms with Crippen LogP contribution < -0.4 is 0 Å². The van der Waals surface area contributed by atoms with Crippen molar-refractivity contribution in [3.05, 3.63) is 108 Å². The van der Waals surface area contributed by atoms with Crippen molar-refractivity contribution in [2.24, 2.45) is 0 Å². The van der Waals surface area contributed by atoms with E-state index in [9.17, 15) is 9.59 Å². The molecule has 4 rings (SSSR count). The van der Waals surface area contributed by atoms with E-state index in [-0.39, 0.29) is 6.61 Å². The zero-order chi connectivity index (χ0) is 20.3. The molecule has 0 bridgehead atoms. The van der Waals surface area contributed by atoms with Gasteiger partial charge >= 0.3 is 12.1 Å². The smallest absolute Gasteiger partial charge is 0.412 e. The van der Waals surface area contributed by atoms with E-state index in [0.29, 0.717) is 0 Å². The van der Waals surface area contributed by atoms with Crippen molar-refractivity contribution >= 4 is 12.1 Å². The zero-order valence-electron chi connectivity index (χ0n) is 16.0. The molecular formula is C24H21NO4. The fourth-order valence-electron chi connectivity index (χ4n) is 4.06. The summed E-state index contributed by atoms with van der Waals surface area (Å²) in [7, 11) is 1.32. The van der Waals surface area contributed by atoms with Gasteiger partial charge in [0.05, 0.1) is 7.11 Å². The van der Waals surface area contributed by atoms with Crippen LogP contribution in [0.2, 0.25) is 0 Å². The quantitative estimate of drug-likeness (QED) is 0.491. The molecule has 1 heterocycles. The zero-order valence-corrected chi connectivity index (χ0v) is 16.0. The first-order valence-corrected chi connectivity index (χ1v) is 9.40. The van der Waals surface area contributed by atoms with Gasteiger partial charge in [-0.05, 0) is 16.7 Å². The molecule has 0 spiro atoms. The maximum atomic E-state index is 13.1. The third-order valence-corrected chi connectivity index (χ3v) is 5.28. The molecule has 3 aromatic rings. The number of benzene rings is 3. The van der Waals surface area contributed by atoms with Crippen molar-refractivity contribution in [1.82, 2.24) is 4.90 Å². The highest BCUT2D eigenvalue weighted by molar-refractivity contribution is 5.86. The van der Waals surface area contributed by atoms with Crippen molar-refractivity contribution in [2.45, 2.75) is 11.6 Å². The molecule has 0 aromatic heterocycles. The van der Waals surface area contributed by atoms with E-state index < -0.39 is 23.6 Å². The summed E-state index contributed by atoms with van der Waals surface area (Å²) in [6.07, 6.45) is -0.558. The molecule has 5 heteroatoms. The molecule has 5 nitrogen and oxygen atoms in total. The Morgan fingerprint density at radius 2 is 1.28 bits per heavy atom. The molecule has 0 aliphatic carbocycles. The third-order valence-electron chi connectivity index (χ3n) is 5.28. The molecule has 1 saturated heterocycles. The van der Waals surface area contributed by atoms with Crippen LogP contribution in [0.25, 0.3) is 0 Å². The van der Waals surface area contributed by atoms with Gasteiger partial charge < -0.3 is 9.47 Å². The molecule has 1 amide bonds. The highest BCUT2D eigenvalue weighted by atomic mass is 16.6. The number of hydrogen-bond acceptors (Lipinski definition) is 4. The van der Waals surface area contributed by atoms with Gasteiger partial charge in [0.1, 0.15) is 12.1 Å². The number of rotatable bonds is 5. The lowest BCUT2D eigenvalue weighted by Crippen LogP contribution is -2.55. The summed E-state index contributed by atoms with van der Waals surface area (Å²) in [5, 5.41) is 0. The van der Waals surface area contributed by atoms with Crippen molar-refractivity contribution in [1.29, 1.82) is 0 Å². The first-order chi connectivity index (χ1) is 14.2. The Balaban J connectivity index is 2.08. The number of hydrogen-bond donors (Lipinski definition) is 0. The largest absolute Gasteiger partial charge is 0.467 e. The van der Waals surface area contributed by atoms with Crippen LogP contribution in [0.5, 0.6) is 0 Å². The van der Waals surface area contributed by atoms with Gasteiger partial charge in [-0.25, -0.2) is 9.59 Å². The standard InChI is InChI=1S/C24H21NO4/c1-28-22(26)21-17-29-23(27)25(21)24(18-11-5-2-6-12-18,19-13-7-3-8-14-19)20-15-9-4-10-16-20/h2-16,21H,17H2,1H3/t21-/m0/s1. The third kappa shape index (κ3) is 3.05. The van der Waals surface area contributed by atoms with Crippen LogP contribution in [0, 0.1) is 0 Å². The van der Waals surface area contributed by atoms with Crippen LogP contribution in [0.1, 0.15) is 16.7 Å². The van der Waals surface area contributed by atoms with E-state index in [1.807, 2.05) is 91.0 Å². The second-order valence-corrected chi connectivity index (χ2v) is 6.79. The lowest BCUT2D eigenvalue weighted by atomic mass is 9.75. The van der Waals surface area contributed by atoms with E-state index in [0.717, 1.165) is 16.7 Å². The summed E-state index contributed by atoms with van der Waals surface area (Å²) in [6.45, 7) is -0.0558. The minimum absolute atomic E-state index is 0.0558. The topological polar surface area (TPSA) is 55.8 Å². The summed E-state index contributed by atoms with van der Waals surface area (Å²) in [4.78, 5) is 27.2. The number of carbonyl (C=O) groups excluding carboxylic acids is 2. The van der Waals surface area contributed by atoms with Gasteiger partial charge in [0.15, 0.2) is 6.04 Å². The first-order valence-electron chi connectivity index (χ1n) is 9.40. The first kappa shape index (κ1) is 18.7. The van der Waals surface area contributed by atoms with Gasteiger partial charge in [0, 0.05) is 0 Å². The van der Waals surface area contributed by atoms with Crippen LogP contribution in [0.15, 0.2) is 91.0 Å². The Labute approximate surface area is 169 Å². The van der Waals surface area contributed by atoms with Crippen LogP contribution in [-0.4, -0.2) is 36.7 Å². The summed E-state index contributed by atoms with van der Waals surface area (Å²) in [6, 6.07) is 28.2. The van der Waals surface area contributed by atoms with E-state index in [1.165, 1.54) is 12.0 Å². The van der Waals surface area contributed by atoms with Gasteiger partial charge in [-0.2, -0.15) is 0 Å². The monoisotopic (exact) mass is 387 g/mol. The lowest BCUT2D eigenvalue weighted by molar-refractivity contribution is -0.146. The Morgan fingerprint density at radius 3 is 1.66 bits per heavy atom. The average molecular weight is 387 g/mol. The number of carbonyl (C=O) groups is 2. The van der Waals surface area contributed by atoms with Crippen molar-refractivity contribution in [3.8, 4) is 0 Å². The molecule has 1 atom stereocenters. The van der Waals surface area contributed by atoms with Gasteiger partial charge in [0.25, 0.3) is 0 Å². The summed E-state index contributed by atoms with van der Waals surface area (Å²) >= 11 is 0. The summed E-state index contributed by atoms with van der Waals surface area (Å²) in [5.41, 5.74) is 1.50. The minimum Gasteiger partial charge on any atom is -0.467 e. The van der Waals surface area contributed by atoms with E-state index in [2.05, 4.69) is 0 Å². The van der Waals surface area contributed by atoms with Crippen molar-refractivity contribution < 1.29 is 19.1 Å². The van der Waals surface area contributed by atoms with Gasteiger partial charge in [-0.15, -0.1) is 0 Å². The maximum absolute atomic E-state index is 13.1. The Morgan fingerprint density at radius 1 is 0.862 bits per heavy atom. The van der Waals surface area contributed by atoms with Crippen LogP contribution >= 0.6 is 0 Å². The number of esters is 1. The molecule has 0 N–H and O–H groups in total. The second-order valence-electron chi connectivity index (χ2n) is 6.79. The van der Waals surface area contributed by atoms with Gasteiger partial charge in [-0.3, -0.25) is 4.90 Å². The normalized spacial score (nSPS) is 16.4. The minimum atomic E-state index is -1.06. The number of amides is 1. The predicted octanol–water partition coefficient (Wildman–Crippen LogP) is 3.97. The fraction of sp³-hybridized carbons (Fsp3) is 0.167. The fourth-order valence-corrected chi connectivity index (χ4v) is 4.06. The molecule has 29 heavy (non-hydrogen) atoms. The van der Waals surface area contributed by atoms with E-state index in [1.54, 1.807) is 0 Å². The average Bonchev–Trinajstić information content (AvgIpc) is 3.18. The molecule has 0 saturated carbocycles. The summed E-state index contributed by atoms with van der Waals surface area (Å²) in [5.74, 6) is -0.511. The van der Waals surface area contributed by atoms with Gasteiger partial charge in [0.2, 0.25) is 0 Å². The molecule has 146 valence electrons. The van der Waals surface area contributed by atoms with E-state index in [4.69, 9.17) is 9.47 Å². The van der Waals surface area contributed by atoms with Crippen molar-refractivity contribution in [2.75, 3.05) is 13.7 Å². The molecule has 1 aliphatic rings. The highest BCUT2D eigenvalue weighted by Crippen LogP contribution is 2.45. The Hall–Kier alpha value is -3.60. The Bertz CT molecular complexity index is 892. The second kappa shape index (κ2) is 7.80. The molecule has 0 unspecified atom stereocenters. The van der Waals surface area contributed by atoms with Crippen molar-refractivity contribution in [3.63, 3.8) is 0 Å². The number of nitrogens with zero attached hydrogens (tertiary/aromatic N) is 1. The molecule has 0 radical (unpaired) electrons. The van der Waals surface area contributed by atoms with Gasteiger partial charge in [-0.1, -0.05) is 91.0 Å².